The highest BCUT2D eigenvalue weighted by molar-refractivity contribution is 6.10. The van der Waals surface area contributed by atoms with Crippen LogP contribution in [-0.2, 0) is 9.59 Å². The molecule has 8 heteroatoms. The first kappa shape index (κ1) is 19.2. The van der Waals surface area contributed by atoms with Crippen LogP contribution in [0.5, 0.6) is 5.75 Å². The number of hydrogen-bond donors (Lipinski definition) is 3. The first-order valence-corrected chi connectivity index (χ1v) is 9.33. The molecule has 1 saturated heterocycles. The molecule has 1 aliphatic heterocycles. The Bertz CT molecular complexity index is 721. The minimum atomic E-state index is -0.850. The van der Waals surface area contributed by atoms with Crippen molar-refractivity contribution in [3.8, 4) is 5.75 Å². The molecule has 1 aromatic carbocycles. The Morgan fingerprint density at radius 1 is 1.33 bits per heavy atom. The number of carbonyl (C=O) groups excluding carboxylic acids is 3. The number of nitrogens with two attached hydrogens (primary N) is 1. The Kier molecular flexibility index (Phi) is 5.65. The topological polar surface area (TPSA) is 114 Å². The predicted molar refractivity (Wildman–Crippen MR) is 100 cm³/mol. The molecule has 146 valence electrons. The summed E-state index contributed by atoms with van der Waals surface area (Å²) in [6, 6.07) is 6.34. The third kappa shape index (κ3) is 3.90. The molecule has 2 aliphatic rings. The third-order valence-corrected chi connectivity index (χ3v) is 5.33. The van der Waals surface area contributed by atoms with E-state index in [4.69, 9.17) is 10.5 Å². The van der Waals surface area contributed by atoms with Gasteiger partial charge in [-0.15, -0.1) is 0 Å². The maximum Gasteiger partial charge on any atom is 0.325 e. The summed E-state index contributed by atoms with van der Waals surface area (Å²) >= 11 is 0. The molecule has 1 aromatic rings. The average Bonchev–Trinajstić information content (AvgIpc) is 2.88. The van der Waals surface area contributed by atoms with E-state index >= 15 is 0 Å². The lowest BCUT2D eigenvalue weighted by Crippen LogP contribution is -2.54. The van der Waals surface area contributed by atoms with E-state index in [2.05, 4.69) is 10.6 Å². The maximum atomic E-state index is 12.9. The molecule has 1 aliphatic carbocycles. The van der Waals surface area contributed by atoms with Crippen LogP contribution < -0.4 is 21.1 Å². The number of rotatable bonds is 6. The van der Waals surface area contributed by atoms with Gasteiger partial charge in [0.1, 0.15) is 24.4 Å². The second-order valence-electron chi connectivity index (χ2n) is 7.15. The van der Waals surface area contributed by atoms with E-state index in [0.717, 1.165) is 24.2 Å². The molecule has 2 fully saturated rings. The van der Waals surface area contributed by atoms with Crippen molar-refractivity contribution in [2.24, 2.45) is 11.7 Å². The second kappa shape index (κ2) is 7.96. The minimum absolute atomic E-state index is 0.0665. The summed E-state index contributed by atoms with van der Waals surface area (Å²) in [5, 5.41) is 5.55. The molecule has 1 heterocycles. The number of imide groups is 1. The zero-order valence-electron chi connectivity index (χ0n) is 15.5. The van der Waals surface area contributed by atoms with E-state index in [1.165, 1.54) is 0 Å². The van der Waals surface area contributed by atoms with E-state index in [1.807, 2.05) is 6.92 Å². The smallest absolute Gasteiger partial charge is 0.325 e. The molecule has 0 bridgehead atoms. The standard InChI is InChI=1S/C19H26N4O4/c1-13-4-2-3-9-19(13)17(25)23(18(26)22-19)12-16(24)21-14-5-7-15(8-6-14)27-11-10-20/h5-8,13H,2-4,9-12,20H2,1H3,(H,21,24)(H,22,26). The Morgan fingerprint density at radius 3 is 2.74 bits per heavy atom. The van der Waals surface area contributed by atoms with Gasteiger partial charge in [-0.2, -0.15) is 0 Å². The number of anilines is 1. The van der Waals surface area contributed by atoms with Crippen LogP contribution in [0, 0.1) is 5.92 Å². The van der Waals surface area contributed by atoms with Gasteiger partial charge in [-0.25, -0.2) is 4.79 Å². The molecule has 4 amide bonds. The number of urea groups is 1. The van der Waals surface area contributed by atoms with E-state index in [-0.39, 0.29) is 18.4 Å². The Labute approximate surface area is 158 Å². The second-order valence-corrected chi connectivity index (χ2v) is 7.15. The molecule has 8 nitrogen and oxygen atoms in total. The summed E-state index contributed by atoms with van der Waals surface area (Å²) in [5.74, 6) is 0.00706. The lowest BCUT2D eigenvalue weighted by molar-refractivity contribution is -0.136. The SMILES string of the molecule is CC1CCCCC12NC(=O)N(CC(=O)Nc1ccc(OCCN)cc1)C2=O. The van der Waals surface area contributed by atoms with Crippen molar-refractivity contribution in [3.05, 3.63) is 24.3 Å². The number of amides is 4. The van der Waals surface area contributed by atoms with Crippen LogP contribution in [0.25, 0.3) is 0 Å². The molecule has 1 saturated carbocycles. The fourth-order valence-corrected chi connectivity index (χ4v) is 3.79. The van der Waals surface area contributed by atoms with Crippen molar-refractivity contribution < 1.29 is 19.1 Å². The molecule has 2 atom stereocenters. The van der Waals surface area contributed by atoms with Crippen molar-refractivity contribution in [2.45, 2.75) is 38.1 Å². The van der Waals surface area contributed by atoms with Gasteiger partial charge in [0.2, 0.25) is 5.91 Å². The van der Waals surface area contributed by atoms with Gasteiger partial charge in [0.25, 0.3) is 5.91 Å². The van der Waals surface area contributed by atoms with Gasteiger partial charge in [0.15, 0.2) is 0 Å². The number of carbonyl (C=O) groups is 3. The first-order chi connectivity index (χ1) is 13.0. The van der Waals surface area contributed by atoms with E-state index in [9.17, 15) is 14.4 Å². The first-order valence-electron chi connectivity index (χ1n) is 9.33. The highest BCUT2D eigenvalue weighted by Crippen LogP contribution is 2.38. The average molecular weight is 374 g/mol. The zero-order chi connectivity index (χ0) is 19.4. The van der Waals surface area contributed by atoms with Crippen LogP contribution in [0.15, 0.2) is 24.3 Å². The Morgan fingerprint density at radius 2 is 2.07 bits per heavy atom. The summed E-state index contributed by atoms with van der Waals surface area (Å²) in [6.07, 6.45) is 3.47. The van der Waals surface area contributed by atoms with Crippen molar-refractivity contribution in [3.63, 3.8) is 0 Å². The Balaban J connectivity index is 1.60. The van der Waals surface area contributed by atoms with E-state index in [0.29, 0.717) is 31.0 Å². The molecular weight excluding hydrogens is 348 g/mol. The van der Waals surface area contributed by atoms with Gasteiger partial charge in [0, 0.05) is 12.2 Å². The van der Waals surface area contributed by atoms with Crippen molar-refractivity contribution >= 4 is 23.5 Å². The number of ether oxygens (including phenoxy) is 1. The van der Waals surface area contributed by atoms with E-state index in [1.54, 1.807) is 24.3 Å². The predicted octanol–water partition coefficient (Wildman–Crippen LogP) is 1.46. The van der Waals surface area contributed by atoms with Crippen LogP contribution in [0.1, 0.15) is 32.6 Å². The van der Waals surface area contributed by atoms with Gasteiger partial charge < -0.3 is 21.1 Å². The normalized spacial score (nSPS) is 24.8. The summed E-state index contributed by atoms with van der Waals surface area (Å²) < 4.78 is 5.38. The van der Waals surface area contributed by atoms with Crippen LogP contribution >= 0.6 is 0 Å². The van der Waals surface area contributed by atoms with Gasteiger partial charge >= 0.3 is 6.03 Å². The third-order valence-electron chi connectivity index (χ3n) is 5.33. The fraction of sp³-hybridized carbons (Fsp3) is 0.526. The minimum Gasteiger partial charge on any atom is -0.492 e. The quantitative estimate of drug-likeness (QED) is 0.653. The number of hydrogen-bond acceptors (Lipinski definition) is 5. The van der Waals surface area contributed by atoms with Gasteiger partial charge in [0.05, 0.1) is 0 Å². The van der Waals surface area contributed by atoms with E-state index < -0.39 is 17.5 Å². The van der Waals surface area contributed by atoms with Crippen molar-refractivity contribution in [1.82, 2.24) is 10.2 Å². The summed E-state index contributed by atoms with van der Waals surface area (Å²) in [6.45, 7) is 2.52. The van der Waals surface area contributed by atoms with Gasteiger partial charge in [-0.1, -0.05) is 19.8 Å². The number of nitrogens with one attached hydrogen (secondary N) is 2. The molecular formula is C19H26N4O4. The van der Waals surface area contributed by atoms with Crippen molar-refractivity contribution in [2.75, 3.05) is 25.0 Å². The molecule has 4 N–H and O–H groups in total. The van der Waals surface area contributed by atoms with Gasteiger partial charge in [-0.3, -0.25) is 14.5 Å². The van der Waals surface area contributed by atoms with Crippen LogP contribution in [0.3, 0.4) is 0 Å². The monoisotopic (exact) mass is 374 g/mol. The highest BCUT2D eigenvalue weighted by atomic mass is 16.5. The molecule has 0 aromatic heterocycles. The molecule has 0 radical (unpaired) electrons. The lowest BCUT2D eigenvalue weighted by atomic mass is 9.73. The molecule has 2 unspecified atom stereocenters. The lowest BCUT2D eigenvalue weighted by Gasteiger charge is -2.36. The maximum absolute atomic E-state index is 12.9. The summed E-state index contributed by atoms with van der Waals surface area (Å²) in [7, 11) is 0. The molecule has 3 rings (SSSR count). The van der Waals surface area contributed by atoms with Crippen LogP contribution in [0.2, 0.25) is 0 Å². The fourth-order valence-electron chi connectivity index (χ4n) is 3.79. The van der Waals surface area contributed by atoms with Crippen LogP contribution in [-0.4, -0.2) is 48.0 Å². The van der Waals surface area contributed by atoms with Gasteiger partial charge in [-0.05, 0) is 43.0 Å². The molecule has 1 spiro atoms. The number of benzene rings is 1. The number of nitrogens with zero attached hydrogens (tertiary/aromatic N) is 1. The summed E-state index contributed by atoms with van der Waals surface area (Å²) in [5.41, 5.74) is 5.10. The van der Waals surface area contributed by atoms with Crippen LogP contribution in [0.4, 0.5) is 10.5 Å². The highest BCUT2D eigenvalue weighted by Gasteiger charge is 2.55. The van der Waals surface area contributed by atoms with Crippen molar-refractivity contribution in [1.29, 1.82) is 0 Å². The largest absolute Gasteiger partial charge is 0.492 e. The summed E-state index contributed by atoms with van der Waals surface area (Å²) in [4.78, 5) is 38.6. The zero-order valence-corrected chi connectivity index (χ0v) is 15.5. The molecule has 27 heavy (non-hydrogen) atoms. The Hall–Kier alpha value is -2.61.